The van der Waals surface area contributed by atoms with Gasteiger partial charge in [-0.2, -0.15) is 0 Å². The van der Waals surface area contributed by atoms with Gasteiger partial charge in [-0.3, -0.25) is 0 Å². The summed E-state index contributed by atoms with van der Waals surface area (Å²) >= 11 is 0. The quantitative estimate of drug-likeness (QED) is 0.115. The van der Waals surface area contributed by atoms with Crippen molar-refractivity contribution in [3.63, 3.8) is 0 Å². The van der Waals surface area contributed by atoms with Crippen LogP contribution in [0.15, 0.2) is 163 Å². The topological polar surface area (TPSA) is 51.8 Å². The summed E-state index contributed by atoms with van der Waals surface area (Å²) in [6.45, 7) is 8.65. The maximum Gasteiger partial charge on any atom is 3.00 e. The third-order valence-electron chi connectivity index (χ3n) is 11.1. The first-order valence-electron chi connectivity index (χ1n) is 22.0. The molecule has 0 aliphatic rings. The van der Waals surface area contributed by atoms with E-state index in [0.717, 1.165) is 61.1 Å². The zero-order chi connectivity index (χ0) is 44.0. The first-order chi connectivity index (χ1) is 30.2. The normalized spacial score (nSPS) is 13.3. The number of aryl methyl sites for hydroxylation is 2. The minimum absolute atomic E-state index is 0. The standard InChI is InChI=1S/C55H46N3O.Ir/c1-54(2,45-23-27-49(57-36-45)42-13-7-5-8-14-42)33-40-29-39(30-41(31-40)34-55(3,4)46-24-28-50(58-37-46)43-15-9-6-10-16-43)20-19-38-21-26-51(56-35-38)44-22-25-48-47-17-11-12-18-52(47)59-53(48)32-44;/h5-13,15,17-18,21,23-32,35-37H,19-20,33-34H2,1-4H3;/q-3;+3/i19D2,20D2;. The fourth-order valence-electron chi connectivity index (χ4n) is 7.86. The van der Waals surface area contributed by atoms with Crippen LogP contribution in [0.2, 0.25) is 0 Å². The second-order valence-electron chi connectivity index (χ2n) is 16.5. The number of furan rings is 1. The van der Waals surface area contributed by atoms with Gasteiger partial charge in [0.25, 0.3) is 0 Å². The van der Waals surface area contributed by atoms with Gasteiger partial charge in [0.15, 0.2) is 0 Å². The Morgan fingerprint density at radius 2 is 1.03 bits per heavy atom. The van der Waals surface area contributed by atoms with Gasteiger partial charge >= 0.3 is 20.1 Å². The summed E-state index contributed by atoms with van der Waals surface area (Å²) in [6, 6.07) is 54.4. The molecule has 0 aliphatic carbocycles. The van der Waals surface area contributed by atoms with E-state index in [-0.39, 0.29) is 42.1 Å². The van der Waals surface area contributed by atoms with E-state index in [2.05, 4.69) is 69.1 Å². The number of benzene rings is 5. The van der Waals surface area contributed by atoms with E-state index >= 15 is 0 Å². The third kappa shape index (κ3) is 8.94. The van der Waals surface area contributed by atoms with Crippen LogP contribution in [0.3, 0.4) is 0 Å². The molecule has 0 unspecified atom stereocenters. The molecule has 4 nitrogen and oxygen atoms in total. The Bertz CT molecular complexity index is 2930. The van der Waals surface area contributed by atoms with Crippen LogP contribution in [0.5, 0.6) is 0 Å². The zero-order valence-electron chi connectivity index (χ0n) is 38.0. The molecule has 5 heteroatoms. The molecule has 0 aliphatic heterocycles. The smallest absolute Gasteiger partial charge is 0.476 e. The van der Waals surface area contributed by atoms with Crippen LogP contribution in [0.1, 0.15) is 66.6 Å². The van der Waals surface area contributed by atoms with Crippen LogP contribution in [0.25, 0.3) is 55.7 Å². The van der Waals surface area contributed by atoms with Crippen LogP contribution in [0, 0.1) is 18.2 Å². The second kappa shape index (κ2) is 17.3. The molecule has 0 spiro atoms. The van der Waals surface area contributed by atoms with Crippen molar-refractivity contribution in [2.45, 2.75) is 64.1 Å². The first kappa shape index (κ1) is 35.9. The number of hydrogen-bond donors (Lipinski definition) is 0. The number of fused-ring (bicyclic) bond motifs is 3. The molecule has 296 valence electrons. The van der Waals surface area contributed by atoms with E-state index in [1.165, 1.54) is 6.20 Å². The Balaban J connectivity index is 0.00000560. The van der Waals surface area contributed by atoms with Crippen molar-refractivity contribution in [1.29, 1.82) is 0 Å². The van der Waals surface area contributed by atoms with Gasteiger partial charge in [-0.05, 0) is 98.3 Å². The van der Waals surface area contributed by atoms with Crippen LogP contribution < -0.4 is 0 Å². The van der Waals surface area contributed by atoms with Gasteiger partial charge in [-0.15, -0.1) is 89.5 Å². The van der Waals surface area contributed by atoms with Crippen molar-refractivity contribution in [3.8, 4) is 33.8 Å². The minimum Gasteiger partial charge on any atom is -0.476 e. The summed E-state index contributed by atoms with van der Waals surface area (Å²) in [5.74, 6) is 0. The summed E-state index contributed by atoms with van der Waals surface area (Å²) in [7, 11) is 0. The van der Waals surface area contributed by atoms with E-state index in [1.807, 2.05) is 122 Å². The fraction of sp³-hybridized carbons (Fsp3) is 0.182. The summed E-state index contributed by atoms with van der Waals surface area (Å²) in [4.78, 5) is 14.2. The monoisotopic (exact) mass is 961 g/mol. The molecule has 0 radical (unpaired) electrons. The molecule has 0 fully saturated rings. The van der Waals surface area contributed by atoms with Crippen molar-refractivity contribution >= 4 is 21.9 Å². The minimum atomic E-state index is -2.45. The number of pyridine rings is 3. The number of para-hydroxylation sites is 1. The average molecular weight is 961 g/mol. The molecule has 60 heavy (non-hydrogen) atoms. The van der Waals surface area contributed by atoms with Crippen LogP contribution in [-0.4, -0.2) is 15.0 Å². The molecule has 0 saturated heterocycles. The predicted molar refractivity (Wildman–Crippen MR) is 240 cm³/mol. The Labute approximate surface area is 372 Å². The molecule has 0 N–H and O–H groups in total. The van der Waals surface area contributed by atoms with Crippen LogP contribution >= 0.6 is 0 Å². The fourth-order valence-corrected chi connectivity index (χ4v) is 7.86. The second-order valence-corrected chi connectivity index (χ2v) is 16.5. The van der Waals surface area contributed by atoms with Crippen molar-refractivity contribution in [2.24, 2.45) is 0 Å². The Kier molecular flexibility index (Phi) is 10.4. The summed E-state index contributed by atoms with van der Waals surface area (Å²) in [5, 5.41) is 1.96. The molecule has 4 aromatic heterocycles. The van der Waals surface area contributed by atoms with Gasteiger partial charge in [-0.25, -0.2) is 0 Å². The summed E-state index contributed by atoms with van der Waals surface area (Å²) in [6.07, 6.45) is 1.50. The van der Waals surface area contributed by atoms with Gasteiger partial charge in [0.05, 0.1) is 5.58 Å². The maximum absolute atomic E-state index is 9.58. The SMILES string of the molecule is [2H]C([2H])(c1ccc(-c2[c-]cc3c(c2)oc2ccccc23)nc1)C([2H])([2H])c1cc(CC(C)(C)c2ccc(-c3[c-]cccc3)nc2)cc(CC(C)(C)c2ccc(-c3[c-]cccc3)nc2)c1.[Ir+3]. The van der Waals surface area contributed by atoms with E-state index < -0.39 is 12.7 Å². The maximum atomic E-state index is 9.58. The molecule has 9 rings (SSSR count). The Morgan fingerprint density at radius 1 is 0.500 bits per heavy atom. The largest absolute Gasteiger partial charge is 3.00 e. The van der Waals surface area contributed by atoms with Gasteiger partial charge in [0, 0.05) is 24.1 Å². The van der Waals surface area contributed by atoms with Gasteiger partial charge in [-0.1, -0.05) is 112 Å². The number of hydrogen-bond acceptors (Lipinski definition) is 4. The summed E-state index contributed by atoms with van der Waals surface area (Å²) in [5.41, 5.74) is 9.83. The van der Waals surface area contributed by atoms with Crippen LogP contribution in [0.4, 0.5) is 0 Å². The average Bonchev–Trinajstić information content (AvgIpc) is 3.67. The molecule has 5 aromatic carbocycles. The number of nitrogens with zero attached hydrogens (tertiary/aromatic N) is 3. The van der Waals surface area contributed by atoms with Crippen LogP contribution in [-0.2, 0) is 56.5 Å². The Morgan fingerprint density at radius 3 is 1.58 bits per heavy atom. The van der Waals surface area contributed by atoms with E-state index in [0.29, 0.717) is 29.7 Å². The molecule has 0 amide bonds. The van der Waals surface area contributed by atoms with E-state index in [1.54, 1.807) is 12.1 Å². The predicted octanol–water partition coefficient (Wildman–Crippen LogP) is 13.0. The zero-order valence-corrected chi connectivity index (χ0v) is 36.4. The van der Waals surface area contributed by atoms with Gasteiger partial charge in [0.1, 0.15) is 5.58 Å². The first-order valence-corrected chi connectivity index (χ1v) is 20.0. The third-order valence-corrected chi connectivity index (χ3v) is 11.1. The molecule has 0 bridgehead atoms. The van der Waals surface area contributed by atoms with Gasteiger partial charge in [0.2, 0.25) is 0 Å². The van der Waals surface area contributed by atoms with E-state index in [9.17, 15) is 5.48 Å². The van der Waals surface area contributed by atoms with Crippen molar-refractivity contribution in [1.82, 2.24) is 15.0 Å². The number of aromatic nitrogens is 3. The molecule has 9 aromatic rings. The molecule has 0 atom stereocenters. The van der Waals surface area contributed by atoms with Crippen molar-refractivity contribution in [2.75, 3.05) is 0 Å². The molecular formula is C55H46IrN3O. The van der Waals surface area contributed by atoms with Crippen molar-refractivity contribution in [3.05, 3.63) is 210 Å². The molecule has 0 saturated carbocycles. The van der Waals surface area contributed by atoms with Gasteiger partial charge < -0.3 is 19.4 Å². The summed E-state index contributed by atoms with van der Waals surface area (Å²) < 4.78 is 44.1. The molecule has 4 heterocycles. The molecular weight excluding hydrogens is 911 g/mol. The van der Waals surface area contributed by atoms with Crippen molar-refractivity contribution < 1.29 is 30.0 Å². The van der Waals surface area contributed by atoms with E-state index in [4.69, 9.17) is 14.4 Å². The number of rotatable bonds is 12. The Hall–Kier alpha value is -6.00.